The Labute approximate surface area is 169 Å². The van der Waals surface area contributed by atoms with Crippen LogP contribution in [0.5, 0.6) is 11.5 Å². The summed E-state index contributed by atoms with van der Waals surface area (Å²) in [6.45, 7) is 1.62. The van der Waals surface area contributed by atoms with Gasteiger partial charge in [-0.1, -0.05) is 12.8 Å². The number of ether oxygens (including phenoxy) is 2. The van der Waals surface area contributed by atoms with Crippen molar-refractivity contribution in [2.45, 2.75) is 30.6 Å². The van der Waals surface area contributed by atoms with Gasteiger partial charge in [-0.2, -0.15) is 0 Å². The number of likely N-dealkylation sites (tertiary alicyclic amines) is 1. The lowest BCUT2D eigenvalue weighted by atomic mass is 10.2. The molecule has 2 aromatic rings. The molecule has 2 aromatic carbocycles. The molecule has 0 unspecified atom stereocenters. The Morgan fingerprint density at radius 2 is 1.52 bits per heavy atom. The topological polar surface area (TPSA) is 97.0 Å². The Morgan fingerprint density at radius 3 is 2.24 bits per heavy atom. The number of rotatable bonds is 4. The van der Waals surface area contributed by atoms with Crippen LogP contribution in [0.1, 0.15) is 25.7 Å². The molecule has 0 saturated carbocycles. The Hall–Kier alpha value is -2.94. The minimum Gasteiger partial charge on any atom is -0.454 e. The fourth-order valence-corrected chi connectivity index (χ4v) is 4.42. The highest BCUT2D eigenvalue weighted by molar-refractivity contribution is 7.92. The molecule has 0 aromatic heterocycles. The van der Waals surface area contributed by atoms with Crippen molar-refractivity contribution in [2.75, 3.05) is 29.9 Å². The number of hydrogen-bond acceptors (Lipinski definition) is 5. The predicted octanol–water partition coefficient (Wildman–Crippen LogP) is 3.62. The summed E-state index contributed by atoms with van der Waals surface area (Å²) in [6.07, 6.45) is 4.31. The zero-order valence-electron chi connectivity index (χ0n) is 15.9. The number of carbonyl (C=O) groups excluding carboxylic acids is 1. The van der Waals surface area contributed by atoms with Crippen LogP contribution in [-0.2, 0) is 10.0 Å². The maximum absolute atomic E-state index is 12.6. The maximum Gasteiger partial charge on any atom is 0.321 e. The lowest BCUT2D eigenvalue weighted by Gasteiger charge is -2.20. The lowest BCUT2D eigenvalue weighted by molar-refractivity contribution is 0.174. The highest BCUT2D eigenvalue weighted by Gasteiger charge is 2.19. The number of amides is 2. The van der Waals surface area contributed by atoms with E-state index in [0.29, 0.717) is 22.9 Å². The Bertz CT molecular complexity index is 984. The molecule has 2 heterocycles. The first-order valence-corrected chi connectivity index (χ1v) is 11.1. The van der Waals surface area contributed by atoms with Gasteiger partial charge >= 0.3 is 6.03 Å². The molecule has 0 radical (unpaired) electrons. The molecule has 2 aliphatic heterocycles. The van der Waals surface area contributed by atoms with Crippen molar-refractivity contribution in [3.05, 3.63) is 42.5 Å². The fraction of sp³-hybridized carbons (Fsp3) is 0.350. The summed E-state index contributed by atoms with van der Waals surface area (Å²) in [4.78, 5) is 14.3. The number of sulfonamides is 1. The number of anilines is 2. The number of carbonyl (C=O) groups is 1. The van der Waals surface area contributed by atoms with E-state index in [1.165, 1.54) is 12.1 Å². The standard InChI is InChI=1S/C20H23N3O5S/c24-20(23-11-3-1-2-4-12-23)21-15-5-8-17(9-6-15)29(25,26)22-16-7-10-18-19(13-16)28-14-27-18/h5-10,13,22H,1-4,11-12,14H2,(H,21,24). The monoisotopic (exact) mass is 417 g/mol. The molecule has 2 amide bonds. The first kappa shape index (κ1) is 19.4. The largest absolute Gasteiger partial charge is 0.454 e. The van der Waals surface area contributed by atoms with E-state index < -0.39 is 10.0 Å². The van der Waals surface area contributed by atoms with Gasteiger partial charge in [0.25, 0.3) is 10.0 Å². The number of nitrogens with one attached hydrogen (secondary N) is 2. The van der Waals surface area contributed by atoms with Crippen LogP contribution in [0.25, 0.3) is 0 Å². The normalized spacial score (nSPS) is 16.2. The molecule has 9 heteroatoms. The summed E-state index contributed by atoms with van der Waals surface area (Å²) < 4.78 is 38.3. The van der Waals surface area contributed by atoms with Gasteiger partial charge in [0.05, 0.1) is 10.6 Å². The molecule has 2 aliphatic rings. The molecule has 8 nitrogen and oxygen atoms in total. The van der Waals surface area contributed by atoms with Crippen molar-refractivity contribution < 1.29 is 22.7 Å². The van der Waals surface area contributed by atoms with E-state index in [-0.39, 0.29) is 17.7 Å². The van der Waals surface area contributed by atoms with Crippen molar-refractivity contribution in [2.24, 2.45) is 0 Å². The first-order valence-electron chi connectivity index (χ1n) is 9.60. The van der Waals surface area contributed by atoms with Crippen LogP contribution in [0.4, 0.5) is 16.2 Å². The summed E-state index contributed by atoms with van der Waals surface area (Å²) in [5.74, 6) is 1.08. The predicted molar refractivity (Wildman–Crippen MR) is 109 cm³/mol. The lowest BCUT2D eigenvalue weighted by Crippen LogP contribution is -2.35. The quantitative estimate of drug-likeness (QED) is 0.792. The first-order chi connectivity index (χ1) is 14.0. The fourth-order valence-electron chi connectivity index (χ4n) is 3.37. The van der Waals surface area contributed by atoms with E-state index in [1.54, 1.807) is 35.2 Å². The van der Waals surface area contributed by atoms with E-state index in [4.69, 9.17) is 9.47 Å². The van der Waals surface area contributed by atoms with Gasteiger partial charge in [0.15, 0.2) is 11.5 Å². The van der Waals surface area contributed by atoms with Crippen LogP contribution in [-0.4, -0.2) is 39.2 Å². The smallest absolute Gasteiger partial charge is 0.321 e. The molecule has 0 atom stereocenters. The number of nitrogens with zero attached hydrogens (tertiary/aromatic N) is 1. The van der Waals surface area contributed by atoms with Gasteiger partial charge in [0.1, 0.15) is 0 Å². The summed E-state index contributed by atoms with van der Waals surface area (Å²) in [7, 11) is -3.77. The van der Waals surface area contributed by atoms with Gasteiger partial charge < -0.3 is 19.7 Å². The summed E-state index contributed by atoms with van der Waals surface area (Å²) in [5, 5.41) is 2.84. The SMILES string of the molecule is O=C(Nc1ccc(S(=O)(=O)Nc2ccc3c(c2)OCO3)cc1)N1CCCCCC1. The zero-order chi connectivity index (χ0) is 20.3. The zero-order valence-corrected chi connectivity index (χ0v) is 16.7. The van der Waals surface area contributed by atoms with Crippen LogP contribution in [0, 0.1) is 0 Å². The molecule has 29 heavy (non-hydrogen) atoms. The third-order valence-corrected chi connectivity index (χ3v) is 6.33. The number of benzene rings is 2. The van der Waals surface area contributed by atoms with Gasteiger partial charge in [-0.15, -0.1) is 0 Å². The highest BCUT2D eigenvalue weighted by atomic mass is 32.2. The van der Waals surface area contributed by atoms with E-state index in [9.17, 15) is 13.2 Å². The van der Waals surface area contributed by atoms with Crippen molar-refractivity contribution in [1.29, 1.82) is 0 Å². The number of hydrogen-bond donors (Lipinski definition) is 2. The van der Waals surface area contributed by atoms with E-state index >= 15 is 0 Å². The minimum atomic E-state index is -3.77. The summed E-state index contributed by atoms with van der Waals surface area (Å²) in [5.41, 5.74) is 0.939. The van der Waals surface area contributed by atoms with Crippen molar-refractivity contribution in [1.82, 2.24) is 4.90 Å². The van der Waals surface area contributed by atoms with Crippen LogP contribution >= 0.6 is 0 Å². The van der Waals surface area contributed by atoms with Gasteiger partial charge in [0.2, 0.25) is 6.79 Å². The molecule has 154 valence electrons. The second-order valence-electron chi connectivity index (χ2n) is 7.03. The van der Waals surface area contributed by atoms with Gasteiger partial charge in [-0.3, -0.25) is 4.72 Å². The molecule has 0 aliphatic carbocycles. The van der Waals surface area contributed by atoms with Gasteiger partial charge in [-0.05, 0) is 49.2 Å². The second-order valence-corrected chi connectivity index (χ2v) is 8.71. The molecule has 2 N–H and O–H groups in total. The maximum atomic E-state index is 12.6. The summed E-state index contributed by atoms with van der Waals surface area (Å²) >= 11 is 0. The van der Waals surface area contributed by atoms with Crippen molar-refractivity contribution in [3.63, 3.8) is 0 Å². The number of urea groups is 1. The Morgan fingerprint density at radius 1 is 0.862 bits per heavy atom. The van der Waals surface area contributed by atoms with Crippen LogP contribution in [0.3, 0.4) is 0 Å². The van der Waals surface area contributed by atoms with Crippen LogP contribution in [0.15, 0.2) is 47.4 Å². The number of fused-ring (bicyclic) bond motifs is 1. The molecular formula is C20H23N3O5S. The van der Waals surface area contributed by atoms with Gasteiger partial charge in [-0.25, -0.2) is 13.2 Å². The Balaban J connectivity index is 1.41. The Kier molecular flexibility index (Phi) is 5.48. The van der Waals surface area contributed by atoms with Crippen LogP contribution < -0.4 is 19.5 Å². The van der Waals surface area contributed by atoms with Crippen molar-refractivity contribution in [3.8, 4) is 11.5 Å². The van der Waals surface area contributed by atoms with Crippen molar-refractivity contribution >= 4 is 27.4 Å². The average molecular weight is 417 g/mol. The second kappa shape index (κ2) is 8.20. The average Bonchev–Trinajstić information content (AvgIpc) is 2.99. The van der Waals surface area contributed by atoms with E-state index in [0.717, 1.165) is 38.8 Å². The third kappa shape index (κ3) is 4.56. The molecule has 1 saturated heterocycles. The molecule has 0 bridgehead atoms. The molecule has 0 spiro atoms. The third-order valence-electron chi connectivity index (χ3n) is 4.93. The van der Waals surface area contributed by atoms with Crippen LogP contribution in [0.2, 0.25) is 0 Å². The highest BCUT2D eigenvalue weighted by Crippen LogP contribution is 2.34. The van der Waals surface area contributed by atoms with Gasteiger partial charge in [0, 0.05) is 24.8 Å². The molecule has 1 fully saturated rings. The molecule has 4 rings (SSSR count). The van der Waals surface area contributed by atoms with E-state index in [1.807, 2.05) is 0 Å². The minimum absolute atomic E-state index is 0.0999. The molecular weight excluding hydrogens is 394 g/mol. The summed E-state index contributed by atoms with van der Waals surface area (Å²) in [6, 6.07) is 10.8. The van der Waals surface area contributed by atoms with E-state index in [2.05, 4.69) is 10.0 Å².